The molecule has 0 saturated carbocycles. The lowest BCUT2D eigenvalue weighted by molar-refractivity contribution is -0.385. The number of carbonyl (C=O) groups excluding carboxylic acids is 2. The van der Waals surface area contributed by atoms with E-state index < -0.39 is 21.9 Å². The number of rotatable bonds is 4. The van der Waals surface area contributed by atoms with Crippen molar-refractivity contribution in [3.8, 4) is 5.75 Å². The summed E-state index contributed by atoms with van der Waals surface area (Å²) >= 11 is 3.62. The zero-order valence-corrected chi connectivity index (χ0v) is 15.8. The maximum absolute atomic E-state index is 13.8. The molecule has 0 aliphatic carbocycles. The van der Waals surface area contributed by atoms with E-state index in [1.54, 1.807) is 6.07 Å². The molecular formula is C17H10BrFN2O5S. The van der Waals surface area contributed by atoms with Gasteiger partial charge in [0, 0.05) is 23.3 Å². The minimum atomic E-state index is -0.671. The smallest absolute Gasteiger partial charge is 0.293 e. The SMILES string of the molecule is O=C1S/C(=C\c2cc([N+](=O)[O-])cc(Br)c2O)C(=O)N1Cc1ccccc1F. The molecule has 1 aliphatic rings. The molecule has 138 valence electrons. The van der Waals surface area contributed by atoms with Gasteiger partial charge in [-0.1, -0.05) is 18.2 Å². The number of halogens is 2. The minimum Gasteiger partial charge on any atom is -0.506 e. The molecule has 0 atom stereocenters. The van der Waals surface area contributed by atoms with Crippen molar-refractivity contribution in [2.24, 2.45) is 0 Å². The zero-order chi connectivity index (χ0) is 19.7. The number of thioether (sulfide) groups is 1. The number of hydrogen-bond acceptors (Lipinski definition) is 6. The van der Waals surface area contributed by atoms with Gasteiger partial charge in [-0.2, -0.15) is 0 Å². The van der Waals surface area contributed by atoms with Crippen LogP contribution < -0.4 is 0 Å². The normalized spacial score (nSPS) is 15.6. The third-order valence-corrected chi connectivity index (χ3v) is 5.25. The molecule has 0 spiro atoms. The van der Waals surface area contributed by atoms with Gasteiger partial charge in [-0.05, 0) is 39.8 Å². The molecule has 2 amide bonds. The average molecular weight is 453 g/mol. The highest BCUT2D eigenvalue weighted by Crippen LogP contribution is 2.38. The Bertz CT molecular complexity index is 1010. The number of non-ortho nitro benzene ring substituents is 1. The van der Waals surface area contributed by atoms with Gasteiger partial charge in [0.15, 0.2) is 0 Å². The lowest BCUT2D eigenvalue weighted by Crippen LogP contribution is -2.27. The number of benzene rings is 2. The first-order valence-corrected chi connectivity index (χ1v) is 9.04. The van der Waals surface area contributed by atoms with Crippen LogP contribution in [0.4, 0.5) is 14.9 Å². The van der Waals surface area contributed by atoms with Crippen molar-refractivity contribution < 1.29 is 24.0 Å². The third kappa shape index (κ3) is 3.86. The Morgan fingerprint density at radius 3 is 2.67 bits per heavy atom. The molecule has 1 aliphatic heterocycles. The zero-order valence-electron chi connectivity index (χ0n) is 13.4. The number of phenols is 1. The Hall–Kier alpha value is -2.72. The first kappa shape index (κ1) is 19.1. The van der Waals surface area contributed by atoms with Crippen LogP contribution in [0, 0.1) is 15.9 Å². The molecule has 27 heavy (non-hydrogen) atoms. The molecule has 10 heteroatoms. The lowest BCUT2D eigenvalue weighted by atomic mass is 10.1. The summed E-state index contributed by atoms with van der Waals surface area (Å²) in [6, 6.07) is 7.98. The summed E-state index contributed by atoms with van der Waals surface area (Å²) in [4.78, 5) is 35.8. The van der Waals surface area contributed by atoms with E-state index in [4.69, 9.17) is 0 Å². The van der Waals surface area contributed by atoms with Crippen molar-refractivity contribution >= 4 is 50.6 Å². The molecule has 2 aromatic carbocycles. The maximum Gasteiger partial charge on any atom is 0.293 e. The number of nitro groups is 1. The van der Waals surface area contributed by atoms with Crippen molar-refractivity contribution in [1.82, 2.24) is 4.90 Å². The standard InChI is InChI=1S/C17H10BrFN2O5S/c18-12-7-11(21(25)26)5-10(15(12)22)6-14-16(23)20(17(24)27-14)8-9-3-1-2-4-13(9)19/h1-7,22H,8H2/b14-6-. The van der Waals surface area contributed by atoms with Crippen LogP contribution in [0.3, 0.4) is 0 Å². The molecule has 0 aromatic heterocycles. The number of aromatic hydroxyl groups is 1. The summed E-state index contributed by atoms with van der Waals surface area (Å²) in [6.45, 7) is -0.237. The van der Waals surface area contributed by atoms with Gasteiger partial charge in [-0.25, -0.2) is 4.39 Å². The highest BCUT2D eigenvalue weighted by Gasteiger charge is 2.35. The van der Waals surface area contributed by atoms with E-state index in [0.29, 0.717) is 11.8 Å². The first-order valence-electron chi connectivity index (χ1n) is 7.43. The quantitative estimate of drug-likeness (QED) is 0.418. The Labute approximate surface area is 164 Å². The molecule has 3 rings (SSSR count). The molecule has 0 bridgehead atoms. The van der Waals surface area contributed by atoms with E-state index in [9.17, 15) is 29.2 Å². The molecule has 1 saturated heterocycles. The van der Waals surface area contributed by atoms with Crippen molar-refractivity contribution in [2.75, 3.05) is 0 Å². The molecule has 2 aromatic rings. The summed E-state index contributed by atoms with van der Waals surface area (Å²) in [5, 5.41) is 20.4. The van der Waals surface area contributed by atoms with Crippen molar-refractivity contribution in [1.29, 1.82) is 0 Å². The van der Waals surface area contributed by atoms with Gasteiger partial charge >= 0.3 is 0 Å². The number of nitro benzene ring substituents is 1. The van der Waals surface area contributed by atoms with Gasteiger partial charge in [-0.15, -0.1) is 0 Å². The van der Waals surface area contributed by atoms with Crippen molar-refractivity contribution in [2.45, 2.75) is 6.54 Å². The van der Waals surface area contributed by atoms with Crippen LogP contribution >= 0.6 is 27.7 Å². The highest BCUT2D eigenvalue weighted by molar-refractivity contribution is 9.10. The summed E-state index contributed by atoms with van der Waals surface area (Å²) < 4.78 is 13.9. The van der Waals surface area contributed by atoms with Crippen LogP contribution in [-0.4, -0.2) is 26.1 Å². The fourth-order valence-corrected chi connectivity index (χ4v) is 3.69. The van der Waals surface area contributed by atoms with Crippen molar-refractivity contribution in [3.05, 3.63) is 72.8 Å². The molecule has 1 fully saturated rings. The predicted molar refractivity (Wildman–Crippen MR) is 100 cm³/mol. The lowest BCUT2D eigenvalue weighted by Gasteiger charge is -2.12. The molecular weight excluding hydrogens is 443 g/mol. The summed E-state index contributed by atoms with van der Waals surface area (Å²) in [5.41, 5.74) is -0.106. The molecule has 1 heterocycles. The topological polar surface area (TPSA) is 101 Å². The van der Waals surface area contributed by atoms with Gasteiger partial charge in [0.05, 0.1) is 20.8 Å². The first-order chi connectivity index (χ1) is 12.8. The van der Waals surface area contributed by atoms with Crippen LogP contribution in [0.25, 0.3) is 6.08 Å². The Balaban J connectivity index is 1.93. The molecule has 0 unspecified atom stereocenters. The van der Waals surface area contributed by atoms with Crippen LogP contribution in [0.1, 0.15) is 11.1 Å². The number of imide groups is 1. The van der Waals surface area contributed by atoms with E-state index in [1.165, 1.54) is 24.3 Å². The van der Waals surface area contributed by atoms with E-state index in [1.807, 2.05) is 0 Å². The number of nitrogens with zero attached hydrogens (tertiary/aromatic N) is 2. The number of hydrogen-bond donors (Lipinski definition) is 1. The summed E-state index contributed by atoms with van der Waals surface area (Å²) in [5.74, 6) is -1.52. The second-order valence-corrected chi connectivity index (χ2v) is 7.33. The Kier molecular flexibility index (Phi) is 5.29. The van der Waals surface area contributed by atoms with Gasteiger partial charge in [0.25, 0.3) is 16.8 Å². The van der Waals surface area contributed by atoms with Crippen LogP contribution in [-0.2, 0) is 11.3 Å². The molecule has 1 N–H and O–H groups in total. The van der Waals surface area contributed by atoms with Crippen LogP contribution in [0.5, 0.6) is 5.75 Å². The second-order valence-electron chi connectivity index (χ2n) is 5.48. The van der Waals surface area contributed by atoms with Crippen LogP contribution in [0.2, 0.25) is 0 Å². The maximum atomic E-state index is 13.8. The summed E-state index contributed by atoms with van der Waals surface area (Å²) in [7, 11) is 0. The second kappa shape index (κ2) is 7.49. The number of phenolic OH excluding ortho intramolecular Hbond substituents is 1. The molecule has 0 radical (unpaired) electrons. The van der Waals surface area contributed by atoms with Gasteiger partial charge in [-0.3, -0.25) is 24.6 Å². The minimum absolute atomic E-state index is 0.00691. The monoisotopic (exact) mass is 452 g/mol. The fourth-order valence-electron chi connectivity index (χ4n) is 2.40. The Morgan fingerprint density at radius 2 is 2.00 bits per heavy atom. The Morgan fingerprint density at radius 1 is 1.30 bits per heavy atom. The van der Waals surface area contributed by atoms with Gasteiger partial charge in [0.2, 0.25) is 0 Å². The van der Waals surface area contributed by atoms with Gasteiger partial charge in [0.1, 0.15) is 11.6 Å². The predicted octanol–water partition coefficient (Wildman–Crippen LogP) is 4.44. The summed E-state index contributed by atoms with van der Waals surface area (Å²) in [6.07, 6.45) is 1.19. The highest BCUT2D eigenvalue weighted by atomic mass is 79.9. The molecule has 7 nitrogen and oxygen atoms in total. The van der Waals surface area contributed by atoms with Crippen molar-refractivity contribution in [3.63, 3.8) is 0 Å². The van der Waals surface area contributed by atoms with E-state index in [2.05, 4.69) is 15.9 Å². The average Bonchev–Trinajstić information content (AvgIpc) is 2.87. The number of amides is 2. The van der Waals surface area contributed by atoms with Crippen LogP contribution in [0.15, 0.2) is 45.8 Å². The largest absolute Gasteiger partial charge is 0.506 e. The van der Waals surface area contributed by atoms with E-state index in [0.717, 1.165) is 17.0 Å². The van der Waals surface area contributed by atoms with E-state index >= 15 is 0 Å². The van der Waals surface area contributed by atoms with Gasteiger partial charge < -0.3 is 5.11 Å². The van der Waals surface area contributed by atoms with E-state index in [-0.39, 0.29) is 38.5 Å². The fraction of sp³-hybridized carbons (Fsp3) is 0.0588. The third-order valence-electron chi connectivity index (χ3n) is 3.73. The number of carbonyl (C=O) groups is 2.